The summed E-state index contributed by atoms with van der Waals surface area (Å²) in [5.74, 6) is 0.746. The third-order valence-corrected chi connectivity index (χ3v) is 3.60. The summed E-state index contributed by atoms with van der Waals surface area (Å²) in [5, 5.41) is 6.84. The Morgan fingerprint density at radius 2 is 1.85 bits per heavy atom. The molecule has 2 aromatic rings. The summed E-state index contributed by atoms with van der Waals surface area (Å²) in [6.07, 6.45) is 2.25. The van der Waals surface area contributed by atoms with Crippen molar-refractivity contribution in [2.75, 3.05) is 18.4 Å². The lowest BCUT2D eigenvalue weighted by atomic mass is 10.1. The molecule has 1 aromatic carbocycles. The van der Waals surface area contributed by atoms with E-state index in [1.165, 1.54) is 0 Å². The Morgan fingerprint density at radius 3 is 2.60 bits per heavy atom. The Balaban J connectivity index is 1.83. The molecule has 0 atom stereocenters. The number of rotatable bonds is 3. The van der Waals surface area contributed by atoms with Crippen molar-refractivity contribution in [3.63, 3.8) is 0 Å². The topological polar surface area (TPSA) is 49.8 Å². The van der Waals surface area contributed by atoms with Crippen LogP contribution in [0.15, 0.2) is 36.4 Å². The van der Waals surface area contributed by atoms with Gasteiger partial charge in [0.1, 0.15) is 0 Å². The zero-order valence-corrected chi connectivity index (χ0v) is 11.8. The first-order valence-electron chi connectivity index (χ1n) is 7.19. The normalized spacial score (nSPS) is 16.1. The fourth-order valence-corrected chi connectivity index (χ4v) is 2.54. The smallest absolute Gasteiger partial charge is 0.223 e. The minimum absolute atomic E-state index is 0.474. The van der Waals surface area contributed by atoms with Crippen molar-refractivity contribution >= 4 is 5.95 Å². The van der Waals surface area contributed by atoms with Gasteiger partial charge in [-0.05, 0) is 38.9 Å². The zero-order chi connectivity index (χ0) is 13.8. The van der Waals surface area contributed by atoms with Crippen molar-refractivity contribution < 1.29 is 0 Å². The van der Waals surface area contributed by atoms with Crippen LogP contribution < -0.4 is 10.6 Å². The molecule has 4 heteroatoms. The third-order valence-electron chi connectivity index (χ3n) is 3.60. The van der Waals surface area contributed by atoms with E-state index < -0.39 is 0 Å². The third kappa shape index (κ3) is 3.14. The van der Waals surface area contributed by atoms with Crippen LogP contribution in [0.3, 0.4) is 0 Å². The molecule has 1 aromatic heterocycles. The van der Waals surface area contributed by atoms with Crippen LogP contribution in [-0.4, -0.2) is 29.1 Å². The Bertz CT molecular complexity index is 562. The van der Waals surface area contributed by atoms with Crippen LogP contribution in [0.1, 0.15) is 18.5 Å². The maximum absolute atomic E-state index is 4.66. The molecular weight excluding hydrogens is 248 g/mol. The minimum Gasteiger partial charge on any atom is -0.351 e. The van der Waals surface area contributed by atoms with E-state index in [2.05, 4.69) is 32.7 Å². The molecule has 20 heavy (non-hydrogen) atoms. The van der Waals surface area contributed by atoms with Crippen LogP contribution in [0.2, 0.25) is 0 Å². The summed E-state index contributed by atoms with van der Waals surface area (Å²) >= 11 is 0. The number of anilines is 1. The Hall–Kier alpha value is -1.94. The summed E-state index contributed by atoms with van der Waals surface area (Å²) in [6.45, 7) is 4.14. The molecule has 0 spiro atoms. The number of hydrogen-bond donors (Lipinski definition) is 2. The van der Waals surface area contributed by atoms with E-state index in [4.69, 9.17) is 0 Å². The molecule has 1 saturated heterocycles. The fraction of sp³-hybridized carbons (Fsp3) is 0.375. The molecule has 0 amide bonds. The fourth-order valence-electron chi connectivity index (χ4n) is 2.54. The van der Waals surface area contributed by atoms with Crippen molar-refractivity contribution in [3.05, 3.63) is 42.1 Å². The quantitative estimate of drug-likeness (QED) is 0.898. The Kier molecular flexibility index (Phi) is 3.92. The second kappa shape index (κ2) is 6.01. The molecule has 2 N–H and O–H groups in total. The maximum Gasteiger partial charge on any atom is 0.223 e. The van der Waals surface area contributed by atoms with Gasteiger partial charge >= 0.3 is 0 Å². The van der Waals surface area contributed by atoms with Crippen molar-refractivity contribution in [1.29, 1.82) is 0 Å². The van der Waals surface area contributed by atoms with Crippen molar-refractivity contribution in [3.8, 4) is 11.3 Å². The van der Waals surface area contributed by atoms with Gasteiger partial charge in [-0.1, -0.05) is 30.3 Å². The highest BCUT2D eigenvalue weighted by Crippen LogP contribution is 2.19. The maximum atomic E-state index is 4.66. The predicted molar refractivity (Wildman–Crippen MR) is 81.7 cm³/mol. The average molecular weight is 268 g/mol. The van der Waals surface area contributed by atoms with Gasteiger partial charge in [0.25, 0.3) is 0 Å². The zero-order valence-electron chi connectivity index (χ0n) is 11.8. The molecule has 0 bridgehead atoms. The second-order valence-electron chi connectivity index (χ2n) is 5.25. The number of nitrogens with zero attached hydrogens (tertiary/aromatic N) is 2. The second-order valence-corrected chi connectivity index (χ2v) is 5.25. The number of aromatic nitrogens is 2. The molecular formula is C16H20N4. The number of nitrogens with one attached hydrogen (secondary N) is 2. The predicted octanol–water partition coefficient (Wildman–Crippen LogP) is 2.62. The monoisotopic (exact) mass is 268 g/mol. The number of piperidine rings is 1. The molecule has 0 saturated carbocycles. The van der Waals surface area contributed by atoms with E-state index in [9.17, 15) is 0 Å². The van der Waals surface area contributed by atoms with Crippen LogP contribution >= 0.6 is 0 Å². The van der Waals surface area contributed by atoms with Crippen LogP contribution in [-0.2, 0) is 0 Å². The SMILES string of the molecule is Cc1cc(-c2ccccc2)nc(NC2CCNCC2)n1. The highest BCUT2D eigenvalue weighted by atomic mass is 15.1. The van der Waals surface area contributed by atoms with Crippen LogP contribution in [0.4, 0.5) is 5.95 Å². The van der Waals surface area contributed by atoms with Gasteiger partial charge in [0.05, 0.1) is 5.69 Å². The van der Waals surface area contributed by atoms with Gasteiger partial charge < -0.3 is 10.6 Å². The highest BCUT2D eigenvalue weighted by molar-refractivity contribution is 5.60. The molecule has 4 nitrogen and oxygen atoms in total. The first-order chi connectivity index (χ1) is 9.81. The molecule has 2 heterocycles. The first-order valence-corrected chi connectivity index (χ1v) is 7.19. The molecule has 3 rings (SSSR count). The van der Waals surface area contributed by atoms with Gasteiger partial charge in [-0.2, -0.15) is 0 Å². The Morgan fingerprint density at radius 1 is 1.10 bits per heavy atom. The van der Waals surface area contributed by atoms with E-state index >= 15 is 0 Å². The lowest BCUT2D eigenvalue weighted by Gasteiger charge is -2.23. The largest absolute Gasteiger partial charge is 0.351 e. The van der Waals surface area contributed by atoms with Crippen molar-refractivity contribution in [2.24, 2.45) is 0 Å². The highest BCUT2D eigenvalue weighted by Gasteiger charge is 2.14. The Labute approximate surface area is 119 Å². The molecule has 0 aliphatic carbocycles. The molecule has 1 fully saturated rings. The minimum atomic E-state index is 0.474. The first kappa shape index (κ1) is 13.1. The van der Waals surface area contributed by atoms with Gasteiger partial charge in [-0.25, -0.2) is 9.97 Å². The standard InChI is InChI=1S/C16H20N4/c1-12-11-15(13-5-3-2-4-6-13)20-16(18-12)19-14-7-9-17-10-8-14/h2-6,11,14,17H,7-10H2,1H3,(H,18,19,20). The van der Waals surface area contributed by atoms with E-state index in [1.54, 1.807) is 0 Å². The lowest BCUT2D eigenvalue weighted by Crippen LogP contribution is -2.35. The van der Waals surface area contributed by atoms with Gasteiger partial charge in [-0.15, -0.1) is 0 Å². The number of benzene rings is 1. The summed E-state index contributed by atoms with van der Waals surface area (Å²) in [7, 11) is 0. The van der Waals surface area contributed by atoms with Crippen molar-refractivity contribution in [1.82, 2.24) is 15.3 Å². The van der Waals surface area contributed by atoms with E-state index in [0.717, 1.165) is 48.8 Å². The summed E-state index contributed by atoms with van der Waals surface area (Å²) in [5.41, 5.74) is 3.11. The van der Waals surface area contributed by atoms with E-state index in [-0.39, 0.29) is 0 Å². The van der Waals surface area contributed by atoms with E-state index in [1.807, 2.05) is 31.2 Å². The van der Waals surface area contributed by atoms with Gasteiger partial charge in [-0.3, -0.25) is 0 Å². The summed E-state index contributed by atoms with van der Waals surface area (Å²) in [4.78, 5) is 9.17. The van der Waals surface area contributed by atoms with Gasteiger partial charge in [0.2, 0.25) is 5.95 Å². The van der Waals surface area contributed by atoms with Crippen LogP contribution in [0, 0.1) is 6.92 Å². The molecule has 0 unspecified atom stereocenters. The average Bonchev–Trinajstić information content (AvgIpc) is 2.49. The molecule has 0 radical (unpaired) electrons. The molecule has 1 aliphatic rings. The van der Waals surface area contributed by atoms with Gasteiger partial charge in [0.15, 0.2) is 0 Å². The lowest BCUT2D eigenvalue weighted by molar-refractivity contribution is 0.477. The van der Waals surface area contributed by atoms with E-state index in [0.29, 0.717) is 6.04 Å². The van der Waals surface area contributed by atoms with Crippen LogP contribution in [0.25, 0.3) is 11.3 Å². The molecule has 1 aliphatic heterocycles. The molecule has 104 valence electrons. The summed E-state index contributed by atoms with van der Waals surface area (Å²) < 4.78 is 0. The number of aryl methyl sites for hydroxylation is 1. The van der Waals surface area contributed by atoms with Gasteiger partial charge in [0, 0.05) is 17.3 Å². The van der Waals surface area contributed by atoms with Crippen LogP contribution in [0.5, 0.6) is 0 Å². The number of hydrogen-bond acceptors (Lipinski definition) is 4. The summed E-state index contributed by atoms with van der Waals surface area (Å²) in [6, 6.07) is 12.8. The van der Waals surface area contributed by atoms with Crippen molar-refractivity contribution in [2.45, 2.75) is 25.8 Å².